The van der Waals surface area contributed by atoms with E-state index in [1.165, 1.54) is 16.2 Å². The zero-order valence-corrected chi connectivity index (χ0v) is 13.1. The van der Waals surface area contributed by atoms with E-state index in [-0.39, 0.29) is 24.4 Å². The number of hydrogen-bond donors (Lipinski definition) is 1. The van der Waals surface area contributed by atoms with E-state index in [2.05, 4.69) is 21.2 Å². The molecule has 1 rings (SSSR count). The summed E-state index contributed by atoms with van der Waals surface area (Å²) in [5.74, 6) is -0.244. The van der Waals surface area contributed by atoms with Crippen molar-refractivity contribution >= 4 is 39.1 Å². The Morgan fingerprint density at radius 2 is 2.17 bits per heavy atom. The molecule has 1 aromatic heterocycles. The molecule has 0 aliphatic heterocycles. The Kier molecular flexibility index (Phi) is 5.81. The van der Waals surface area contributed by atoms with Gasteiger partial charge in [0.15, 0.2) is 0 Å². The summed E-state index contributed by atoms with van der Waals surface area (Å²) in [5, 5.41) is 4.63. The van der Waals surface area contributed by atoms with Gasteiger partial charge in [0.05, 0.1) is 6.54 Å². The van der Waals surface area contributed by atoms with Crippen molar-refractivity contribution in [1.82, 2.24) is 10.2 Å². The number of hydrogen-bond acceptors (Lipinski definition) is 3. The zero-order chi connectivity index (χ0) is 13.7. The van der Waals surface area contributed by atoms with Gasteiger partial charge in [-0.3, -0.25) is 9.59 Å². The maximum absolute atomic E-state index is 12.2. The molecule has 1 N–H and O–H groups in total. The zero-order valence-electron chi connectivity index (χ0n) is 10.7. The lowest BCUT2D eigenvalue weighted by Crippen LogP contribution is -2.42. The number of amides is 2. The second kappa shape index (κ2) is 6.89. The SMILES string of the molecule is CCN(CC(=O)NC(C)C)C(=O)c1sccc1Br. The predicted octanol–water partition coefficient (Wildman–Crippen LogP) is 2.50. The van der Waals surface area contributed by atoms with Crippen LogP contribution in [0.2, 0.25) is 0 Å². The van der Waals surface area contributed by atoms with Crippen LogP contribution in [0.4, 0.5) is 0 Å². The monoisotopic (exact) mass is 332 g/mol. The van der Waals surface area contributed by atoms with Crippen LogP contribution in [-0.4, -0.2) is 35.8 Å². The quantitative estimate of drug-likeness (QED) is 0.900. The standard InChI is InChI=1S/C12H17BrN2O2S/c1-4-15(7-10(16)14-8(2)3)12(17)11-9(13)5-6-18-11/h5-6,8H,4,7H2,1-3H3,(H,14,16). The molecule has 0 radical (unpaired) electrons. The Hall–Kier alpha value is -0.880. The molecule has 0 saturated heterocycles. The smallest absolute Gasteiger partial charge is 0.265 e. The van der Waals surface area contributed by atoms with Gasteiger partial charge in [-0.05, 0) is 48.1 Å². The highest BCUT2D eigenvalue weighted by Gasteiger charge is 2.20. The predicted molar refractivity (Wildman–Crippen MR) is 76.9 cm³/mol. The first-order valence-corrected chi connectivity index (χ1v) is 7.44. The van der Waals surface area contributed by atoms with Crippen LogP contribution in [0, 0.1) is 0 Å². The Morgan fingerprint density at radius 3 is 2.61 bits per heavy atom. The molecule has 18 heavy (non-hydrogen) atoms. The number of carbonyl (C=O) groups is 2. The number of nitrogens with one attached hydrogen (secondary N) is 1. The topological polar surface area (TPSA) is 49.4 Å². The van der Waals surface area contributed by atoms with Crippen LogP contribution >= 0.6 is 27.3 Å². The molecule has 0 aromatic carbocycles. The van der Waals surface area contributed by atoms with Crippen molar-refractivity contribution in [2.24, 2.45) is 0 Å². The normalized spacial score (nSPS) is 10.5. The fraction of sp³-hybridized carbons (Fsp3) is 0.500. The second-order valence-electron chi connectivity index (χ2n) is 4.14. The molecule has 0 atom stereocenters. The first-order valence-electron chi connectivity index (χ1n) is 5.77. The number of likely N-dealkylation sites (N-methyl/N-ethyl adjacent to an activating group) is 1. The Balaban J connectivity index is 2.70. The largest absolute Gasteiger partial charge is 0.352 e. The minimum absolute atomic E-state index is 0.0831. The number of carbonyl (C=O) groups excluding carboxylic acids is 2. The van der Waals surface area contributed by atoms with Crippen molar-refractivity contribution in [3.8, 4) is 0 Å². The highest BCUT2D eigenvalue weighted by molar-refractivity contribution is 9.10. The van der Waals surface area contributed by atoms with Crippen molar-refractivity contribution in [2.75, 3.05) is 13.1 Å². The van der Waals surface area contributed by atoms with Crippen molar-refractivity contribution in [3.63, 3.8) is 0 Å². The van der Waals surface area contributed by atoms with Crippen molar-refractivity contribution in [1.29, 1.82) is 0 Å². The van der Waals surface area contributed by atoms with E-state index in [0.29, 0.717) is 11.4 Å². The summed E-state index contributed by atoms with van der Waals surface area (Å²) in [5.41, 5.74) is 0. The van der Waals surface area contributed by atoms with E-state index in [0.717, 1.165) is 4.47 Å². The molecule has 0 spiro atoms. The van der Waals surface area contributed by atoms with Crippen LogP contribution in [0.3, 0.4) is 0 Å². The molecule has 1 heterocycles. The van der Waals surface area contributed by atoms with E-state index in [4.69, 9.17) is 0 Å². The minimum Gasteiger partial charge on any atom is -0.352 e. The van der Waals surface area contributed by atoms with Gasteiger partial charge in [0.1, 0.15) is 4.88 Å². The van der Waals surface area contributed by atoms with Crippen LogP contribution in [0.5, 0.6) is 0 Å². The molecule has 100 valence electrons. The van der Waals surface area contributed by atoms with E-state index in [1.54, 1.807) is 0 Å². The molecule has 0 saturated carbocycles. The van der Waals surface area contributed by atoms with Gasteiger partial charge in [0.2, 0.25) is 5.91 Å². The molecular formula is C12H17BrN2O2S. The number of nitrogens with zero attached hydrogens (tertiary/aromatic N) is 1. The summed E-state index contributed by atoms with van der Waals surface area (Å²) in [6.45, 7) is 6.26. The lowest BCUT2D eigenvalue weighted by atomic mass is 10.3. The third-order valence-corrected chi connectivity index (χ3v) is 4.09. The molecule has 4 nitrogen and oxygen atoms in total. The van der Waals surface area contributed by atoms with Crippen LogP contribution in [0.15, 0.2) is 15.9 Å². The fourth-order valence-corrected chi connectivity index (χ4v) is 2.97. The summed E-state index contributed by atoms with van der Waals surface area (Å²) in [6, 6.07) is 1.92. The van der Waals surface area contributed by atoms with Gasteiger partial charge < -0.3 is 10.2 Å². The average Bonchev–Trinajstić information content (AvgIpc) is 2.70. The van der Waals surface area contributed by atoms with Crippen molar-refractivity contribution < 1.29 is 9.59 Å². The van der Waals surface area contributed by atoms with E-state index < -0.39 is 0 Å². The Labute approximate surface area is 119 Å². The summed E-state index contributed by atoms with van der Waals surface area (Å²) < 4.78 is 0.778. The third kappa shape index (κ3) is 4.10. The fourth-order valence-electron chi connectivity index (χ4n) is 1.46. The maximum atomic E-state index is 12.2. The molecule has 1 aromatic rings. The summed E-state index contributed by atoms with van der Waals surface area (Å²) in [6.07, 6.45) is 0. The third-order valence-electron chi connectivity index (χ3n) is 2.26. The van der Waals surface area contributed by atoms with Crippen molar-refractivity contribution in [2.45, 2.75) is 26.8 Å². The van der Waals surface area contributed by atoms with Gasteiger partial charge in [-0.15, -0.1) is 11.3 Å². The van der Waals surface area contributed by atoms with Crippen LogP contribution in [0.25, 0.3) is 0 Å². The number of rotatable bonds is 5. The van der Waals surface area contributed by atoms with Crippen LogP contribution < -0.4 is 5.32 Å². The maximum Gasteiger partial charge on any atom is 0.265 e. The van der Waals surface area contributed by atoms with Gasteiger partial charge >= 0.3 is 0 Å². The van der Waals surface area contributed by atoms with E-state index in [9.17, 15) is 9.59 Å². The van der Waals surface area contributed by atoms with Gasteiger partial charge in [0.25, 0.3) is 5.91 Å². The summed E-state index contributed by atoms with van der Waals surface area (Å²) >= 11 is 4.71. The molecule has 0 bridgehead atoms. The molecule has 0 fully saturated rings. The van der Waals surface area contributed by atoms with E-state index >= 15 is 0 Å². The lowest BCUT2D eigenvalue weighted by molar-refractivity contribution is -0.122. The highest BCUT2D eigenvalue weighted by Crippen LogP contribution is 2.24. The first-order chi connectivity index (χ1) is 8.45. The summed E-state index contributed by atoms with van der Waals surface area (Å²) in [4.78, 5) is 26.0. The molecule has 2 amide bonds. The molecule has 6 heteroatoms. The lowest BCUT2D eigenvalue weighted by Gasteiger charge is -2.20. The summed E-state index contributed by atoms with van der Waals surface area (Å²) in [7, 11) is 0. The first kappa shape index (κ1) is 15.2. The Bertz CT molecular complexity index is 431. The van der Waals surface area contributed by atoms with Crippen molar-refractivity contribution in [3.05, 3.63) is 20.8 Å². The molecular weight excluding hydrogens is 316 g/mol. The minimum atomic E-state index is -0.132. The molecule has 0 unspecified atom stereocenters. The van der Waals surface area contributed by atoms with Crippen LogP contribution in [-0.2, 0) is 4.79 Å². The Morgan fingerprint density at radius 1 is 1.50 bits per heavy atom. The van der Waals surface area contributed by atoms with E-state index in [1.807, 2.05) is 32.2 Å². The van der Waals surface area contributed by atoms with Gasteiger partial charge in [-0.25, -0.2) is 0 Å². The number of halogens is 1. The van der Waals surface area contributed by atoms with Gasteiger partial charge in [-0.1, -0.05) is 0 Å². The number of thiophene rings is 1. The van der Waals surface area contributed by atoms with Crippen LogP contribution in [0.1, 0.15) is 30.4 Å². The molecule has 0 aliphatic rings. The van der Waals surface area contributed by atoms with Gasteiger partial charge in [-0.2, -0.15) is 0 Å². The highest BCUT2D eigenvalue weighted by atomic mass is 79.9. The molecule has 0 aliphatic carbocycles. The average molecular weight is 333 g/mol. The second-order valence-corrected chi connectivity index (χ2v) is 5.91. The van der Waals surface area contributed by atoms with Gasteiger partial charge in [0, 0.05) is 17.1 Å².